The first-order valence-corrected chi connectivity index (χ1v) is 12.9. The van der Waals surface area contributed by atoms with Gasteiger partial charge in [-0.15, -0.1) is 0 Å². The van der Waals surface area contributed by atoms with Gasteiger partial charge in [-0.1, -0.05) is 73.9 Å². The average Bonchev–Trinajstić information content (AvgIpc) is 3.19. The number of rotatable bonds is 7. The number of carbonyl (C=O) groups excluding carboxylic acids is 1. The molecule has 3 aromatic rings. The number of hydrogen-bond donors (Lipinski definition) is 4. The van der Waals surface area contributed by atoms with Crippen LogP contribution in [0.5, 0.6) is 0 Å². The molecule has 36 heavy (non-hydrogen) atoms. The van der Waals surface area contributed by atoms with Crippen molar-refractivity contribution in [3.8, 4) is 0 Å². The normalized spacial score (nSPS) is 22.8. The van der Waals surface area contributed by atoms with Crippen molar-refractivity contribution in [3.63, 3.8) is 0 Å². The maximum atomic E-state index is 14.8. The molecule has 1 heterocycles. The van der Waals surface area contributed by atoms with Gasteiger partial charge in [0, 0.05) is 35.7 Å². The molecule has 188 valence electrons. The van der Waals surface area contributed by atoms with Crippen LogP contribution >= 0.6 is 0 Å². The molecule has 2 aliphatic rings. The summed E-state index contributed by atoms with van der Waals surface area (Å²) in [5, 5.41) is 27.9. The van der Waals surface area contributed by atoms with E-state index in [9.17, 15) is 10.0 Å². The minimum absolute atomic E-state index is 0.0880. The lowest BCUT2D eigenvalue weighted by Gasteiger charge is -2.44. The van der Waals surface area contributed by atoms with E-state index in [1.807, 2.05) is 48.5 Å². The fourth-order valence-corrected chi connectivity index (χ4v) is 6.09. The van der Waals surface area contributed by atoms with E-state index in [0.29, 0.717) is 30.8 Å². The first kappa shape index (κ1) is 24.4. The number of amides is 1. The number of fused-ring (bicyclic) bond motifs is 2. The Morgan fingerprint density at radius 1 is 1.08 bits per heavy atom. The summed E-state index contributed by atoms with van der Waals surface area (Å²) >= 11 is 0. The van der Waals surface area contributed by atoms with Crippen molar-refractivity contribution in [2.45, 2.75) is 51.1 Å². The second kappa shape index (κ2) is 9.65. The van der Waals surface area contributed by atoms with Crippen LogP contribution in [0, 0.1) is 16.0 Å². The molecule has 1 amide bonds. The van der Waals surface area contributed by atoms with E-state index in [1.165, 1.54) is 6.42 Å². The molecule has 3 aromatic carbocycles. The first-order chi connectivity index (χ1) is 17.3. The molecule has 0 aromatic heterocycles. The molecule has 6 N–H and O–H groups in total. The number of amidine groups is 1. The third-order valence-corrected chi connectivity index (χ3v) is 8.29. The van der Waals surface area contributed by atoms with Crippen LogP contribution in [0.1, 0.15) is 48.8 Å². The van der Waals surface area contributed by atoms with Crippen molar-refractivity contribution < 1.29 is 4.79 Å². The van der Waals surface area contributed by atoms with Gasteiger partial charge < -0.3 is 26.6 Å². The van der Waals surface area contributed by atoms with Crippen LogP contribution in [0.4, 0.5) is 5.69 Å². The highest BCUT2D eigenvalue weighted by Crippen LogP contribution is 2.42. The van der Waals surface area contributed by atoms with E-state index in [-0.39, 0.29) is 23.7 Å². The molecule has 0 radical (unpaired) electrons. The van der Waals surface area contributed by atoms with Crippen LogP contribution < -0.4 is 21.4 Å². The predicted octanol–water partition coefficient (Wildman–Crippen LogP) is 4.08. The Hall–Kier alpha value is -3.26. The zero-order valence-corrected chi connectivity index (χ0v) is 20.6. The summed E-state index contributed by atoms with van der Waals surface area (Å²) in [7, 11) is 0. The smallest absolute Gasteiger partial charge is 0.279 e. The Bertz CT molecular complexity index is 1290. The molecule has 7 nitrogen and oxygen atoms in total. The molecule has 2 unspecified atom stereocenters. The molecular weight excluding hydrogens is 450 g/mol. The summed E-state index contributed by atoms with van der Waals surface area (Å²) in [5.41, 5.74) is 14.6. The van der Waals surface area contributed by atoms with Crippen LogP contribution in [-0.4, -0.2) is 30.9 Å². The van der Waals surface area contributed by atoms with Gasteiger partial charge in [-0.3, -0.25) is 10.2 Å². The molecular formula is C29H35N5O2. The maximum absolute atomic E-state index is 14.8. The largest absolute Gasteiger partial charge is 0.627 e. The Kier molecular flexibility index (Phi) is 6.55. The summed E-state index contributed by atoms with van der Waals surface area (Å²) in [6.45, 7) is 1.16. The molecule has 5 rings (SSSR count). The summed E-state index contributed by atoms with van der Waals surface area (Å²) in [6, 6.07) is 18.4. The Morgan fingerprint density at radius 3 is 2.58 bits per heavy atom. The summed E-state index contributed by atoms with van der Waals surface area (Å²) in [5.74, 6) is -0.325. The van der Waals surface area contributed by atoms with E-state index in [1.54, 1.807) is 12.1 Å². The summed E-state index contributed by atoms with van der Waals surface area (Å²) in [4.78, 5) is 13.7. The third kappa shape index (κ3) is 4.39. The Labute approximate surface area is 212 Å². The Morgan fingerprint density at radius 2 is 1.83 bits per heavy atom. The molecule has 1 aliphatic heterocycles. The van der Waals surface area contributed by atoms with Crippen molar-refractivity contribution in [1.29, 1.82) is 5.41 Å². The molecule has 0 spiro atoms. The van der Waals surface area contributed by atoms with E-state index in [2.05, 4.69) is 5.32 Å². The number of nitrogens with two attached hydrogens (primary N) is 2. The standard InChI is InChI=1S/C29H35N5O2/c30-18-29(13-4-1-5-14-29)19-33-28(35)26-15-21-11-12-22(27(31)32)16-25(21)34(26,36)17-23-9-6-8-20-7-2-3-10-24(20)23/h2-3,6-12,16,26H,1,4-5,13-15,17-19,30H2,(H3,31,32)(H,33,35). The quantitative estimate of drug-likeness (QED) is 0.174. The van der Waals surface area contributed by atoms with Gasteiger partial charge in [0.25, 0.3) is 5.91 Å². The van der Waals surface area contributed by atoms with Crippen LogP contribution in [0.2, 0.25) is 0 Å². The number of nitrogens with zero attached hydrogens (tertiary/aromatic N) is 1. The van der Waals surface area contributed by atoms with E-state index >= 15 is 0 Å². The van der Waals surface area contributed by atoms with E-state index < -0.39 is 10.7 Å². The summed E-state index contributed by atoms with van der Waals surface area (Å²) < 4.78 is -0.800. The van der Waals surface area contributed by atoms with Gasteiger partial charge in [0.2, 0.25) is 0 Å². The number of hydrogen-bond acceptors (Lipinski definition) is 4. The van der Waals surface area contributed by atoms with Gasteiger partial charge in [0.05, 0.1) is 0 Å². The topological polar surface area (TPSA) is 128 Å². The summed E-state index contributed by atoms with van der Waals surface area (Å²) in [6.07, 6.45) is 5.81. The first-order valence-electron chi connectivity index (χ1n) is 12.9. The van der Waals surface area contributed by atoms with Crippen molar-refractivity contribution in [2.75, 3.05) is 13.1 Å². The highest BCUT2D eigenvalue weighted by Gasteiger charge is 2.46. The zero-order valence-electron chi connectivity index (χ0n) is 20.6. The molecule has 2 atom stereocenters. The van der Waals surface area contributed by atoms with Crippen molar-refractivity contribution >= 4 is 28.2 Å². The van der Waals surface area contributed by atoms with Crippen LogP contribution in [0.15, 0.2) is 60.7 Å². The number of nitrogen functional groups attached to an aromatic ring is 1. The predicted molar refractivity (Wildman–Crippen MR) is 145 cm³/mol. The zero-order chi connectivity index (χ0) is 25.3. The monoisotopic (exact) mass is 485 g/mol. The fourth-order valence-electron chi connectivity index (χ4n) is 6.09. The highest BCUT2D eigenvalue weighted by atomic mass is 16.6. The lowest BCUT2D eigenvalue weighted by molar-refractivity contribution is -0.125. The van der Waals surface area contributed by atoms with Crippen LogP contribution in [0.25, 0.3) is 10.8 Å². The molecule has 1 fully saturated rings. The second-order valence-electron chi connectivity index (χ2n) is 10.6. The number of benzene rings is 3. The Balaban J connectivity index is 1.50. The minimum atomic E-state index is -0.820. The number of hydroxylamine groups is 2. The SMILES string of the molecule is N=C(N)c1ccc2c(c1)[N+]([O-])(Cc1cccc3ccccc13)C(C(=O)NCC1(CN)CCCCC1)C2. The highest BCUT2D eigenvalue weighted by molar-refractivity contribution is 5.97. The lowest BCUT2D eigenvalue weighted by atomic mass is 9.74. The van der Waals surface area contributed by atoms with Crippen molar-refractivity contribution in [2.24, 2.45) is 16.9 Å². The van der Waals surface area contributed by atoms with Gasteiger partial charge in [0.1, 0.15) is 18.1 Å². The second-order valence-corrected chi connectivity index (χ2v) is 10.6. The van der Waals surface area contributed by atoms with E-state index in [0.717, 1.165) is 47.6 Å². The maximum Gasteiger partial charge on any atom is 0.279 e. The van der Waals surface area contributed by atoms with Crippen molar-refractivity contribution in [1.82, 2.24) is 9.96 Å². The van der Waals surface area contributed by atoms with Crippen molar-refractivity contribution in [3.05, 3.63) is 82.6 Å². The number of carbonyl (C=O) groups is 1. The fraction of sp³-hybridized carbons (Fsp3) is 0.379. The molecule has 0 saturated heterocycles. The molecule has 0 bridgehead atoms. The van der Waals surface area contributed by atoms with Gasteiger partial charge in [-0.2, -0.15) is 0 Å². The van der Waals surface area contributed by atoms with Gasteiger partial charge in [-0.05, 0) is 35.6 Å². The van der Waals surface area contributed by atoms with Gasteiger partial charge >= 0.3 is 0 Å². The van der Waals surface area contributed by atoms with Gasteiger partial charge in [0.15, 0.2) is 6.04 Å². The molecule has 1 saturated carbocycles. The number of nitrogens with one attached hydrogen (secondary N) is 2. The lowest BCUT2D eigenvalue weighted by Crippen LogP contribution is -2.57. The molecule has 7 heteroatoms. The number of quaternary nitrogens is 1. The van der Waals surface area contributed by atoms with Crippen LogP contribution in [-0.2, 0) is 17.8 Å². The third-order valence-electron chi connectivity index (χ3n) is 8.29. The van der Waals surface area contributed by atoms with E-state index in [4.69, 9.17) is 16.9 Å². The van der Waals surface area contributed by atoms with Crippen LogP contribution in [0.3, 0.4) is 0 Å². The average molecular weight is 486 g/mol. The van der Waals surface area contributed by atoms with Gasteiger partial charge in [-0.25, -0.2) is 0 Å². The molecule has 1 aliphatic carbocycles. The minimum Gasteiger partial charge on any atom is -0.627 e.